The Hall–Kier alpha value is -1.02. The number of aliphatic hydroxyl groups is 1. The van der Waals surface area contributed by atoms with Crippen molar-refractivity contribution in [2.24, 2.45) is 5.92 Å². The second kappa shape index (κ2) is 5.76. The molecule has 0 spiro atoms. The molecule has 0 aliphatic rings. The van der Waals surface area contributed by atoms with Gasteiger partial charge in [0.05, 0.1) is 6.10 Å². The molecular weight excluding hydrogens is 186 g/mol. The molecular formula is C13H21NO. The number of rotatable bonds is 5. The molecule has 2 atom stereocenters. The molecule has 0 radical (unpaired) electrons. The van der Waals surface area contributed by atoms with E-state index in [0.29, 0.717) is 5.92 Å². The van der Waals surface area contributed by atoms with Gasteiger partial charge in [-0.15, -0.1) is 0 Å². The van der Waals surface area contributed by atoms with Gasteiger partial charge in [0.25, 0.3) is 0 Å². The Morgan fingerprint density at radius 2 is 2.13 bits per heavy atom. The van der Waals surface area contributed by atoms with Crippen molar-refractivity contribution in [3.63, 3.8) is 0 Å². The summed E-state index contributed by atoms with van der Waals surface area (Å²) in [4.78, 5) is 0. The SMILES string of the molecule is CCCC(C)CC(O)c1cccc(N)c1. The third-order valence-corrected chi connectivity index (χ3v) is 2.70. The molecule has 0 aromatic heterocycles. The fraction of sp³-hybridized carbons (Fsp3) is 0.538. The van der Waals surface area contributed by atoms with Crippen LogP contribution in [0.15, 0.2) is 24.3 Å². The molecule has 2 heteroatoms. The molecule has 0 heterocycles. The van der Waals surface area contributed by atoms with Crippen molar-refractivity contribution in [3.05, 3.63) is 29.8 Å². The number of hydrogen-bond donors (Lipinski definition) is 2. The predicted molar refractivity (Wildman–Crippen MR) is 64.5 cm³/mol. The van der Waals surface area contributed by atoms with E-state index in [-0.39, 0.29) is 6.10 Å². The molecule has 15 heavy (non-hydrogen) atoms. The topological polar surface area (TPSA) is 46.2 Å². The summed E-state index contributed by atoms with van der Waals surface area (Å²) in [6.45, 7) is 4.35. The van der Waals surface area contributed by atoms with Crippen LogP contribution in [-0.2, 0) is 0 Å². The zero-order valence-electron chi connectivity index (χ0n) is 9.61. The molecule has 2 nitrogen and oxygen atoms in total. The molecule has 0 saturated heterocycles. The summed E-state index contributed by atoms with van der Waals surface area (Å²) in [6, 6.07) is 7.51. The quantitative estimate of drug-likeness (QED) is 0.729. The van der Waals surface area contributed by atoms with Crippen LogP contribution in [0.1, 0.15) is 44.8 Å². The van der Waals surface area contributed by atoms with Crippen molar-refractivity contribution in [3.8, 4) is 0 Å². The van der Waals surface area contributed by atoms with Crippen LogP contribution >= 0.6 is 0 Å². The molecule has 1 aromatic rings. The Kier molecular flexibility index (Phi) is 4.63. The zero-order valence-corrected chi connectivity index (χ0v) is 9.61. The van der Waals surface area contributed by atoms with Crippen molar-refractivity contribution in [2.75, 3.05) is 5.73 Å². The minimum atomic E-state index is -0.380. The van der Waals surface area contributed by atoms with Gasteiger partial charge in [0.1, 0.15) is 0 Å². The summed E-state index contributed by atoms with van der Waals surface area (Å²) in [7, 11) is 0. The molecule has 0 aliphatic carbocycles. The van der Waals surface area contributed by atoms with E-state index < -0.39 is 0 Å². The lowest BCUT2D eigenvalue weighted by Gasteiger charge is -2.16. The van der Waals surface area contributed by atoms with Gasteiger partial charge in [0, 0.05) is 5.69 Å². The van der Waals surface area contributed by atoms with Crippen LogP contribution in [0.25, 0.3) is 0 Å². The fourth-order valence-corrected chi connectivity index (χ4v) is 1.89. The Morgan fingerprint density at radius 3 is 2.73 bits per heavy atom. The van der Waals surface area contributed by atoms with Crippen LogP contribution < -0.4 is 5.73 Å². The van der Waals surface area contributed by atoms with Crippen LogP contribution in [0.2, 0.25) is 0 Å². The van der Waals surface area contributed by atoms with E-state index in [1.807, 2.05) is 24.3 Å². The molecule has 84 valence electrons. The van der Waals surface area contributed by atoms with Gasteiger partial charge in [0.2, 0.25) is 0 Å². The Labute approximate surface area is 92.1 Å². The number of benzene rings is 1. The minimum absolute atomic E-state index is 0.380. The number of anilines is 1. The lowest BCUT2D eigenvalue weighted by Crippen LogP contribution is -2.04. The summed E-state index contributed by atoms with van der Waals surface area (Å²) >= 11 is 0. The van der Waals surface area contributed by atoms with Crippen LogP contribution in [0.5, 0.6) is 0 Å². The second-order valence-electron chi connectivity index (χ2n) is 4.32. The standard InChI is InChI=1S/C13H21NO/c1-3-5-10(2)8-13(15)11-6-4-7-12(14)9-11/h4,6-7,9-10,13,15H,3,5,8,14H2,1-2H3. The maximum atomic E-state index is 9.99. The third kappa shape index (κ3) is 3.92. The number of aliphatic hydroxyl groups excluding tert-OH is 1. The Bertz CT molecular complexity index is 298. The molecule has 0 bridgehead atoms. The van der Waals surface area contributed by atoms with Gasteiger partial charge < -0.3 is 10.8 Å². The van der Waals surface area contributed by atoms with Crippen molar-refractivity contribution in [1.82, 2.24) is 0 Å². The van der Waals surface area contributed by atoms with Crippen molar-refractivity contribution in [1.29, 1.82) is 0 Å². The van der Waals surface area contributed by atoms with Crippen molar-refractivity contribution in [2.45, 2.75) is 39.2 Å². The van der Waals surface area contributed by atoms with Crippen LogP contribution in [0.4, 0.5) is 5.69 Å². The van der Waals surface area contributed by atoms with E-state index in [4.69, 9.17) is 5.73 Å². The van der Waals surface area contributed by atoms with E-state index in [1.54, 1.807) is 0 Å². The smallest absolute Gasteiger partial charge is 0.0793 e. The third-order valence-electron chi connectivity index (χ3n) is 2.70. The summed E-state index contributed by atoms with van der Waals surface area (Å²) < 4.78 is 0. The summed E-state index contributed by atoms with van der Waals surface area (Å²) in [5, 5.41) is 9.99. The average molecular weight is 207 g/mol. The Balaban J connectivity index is 2.56. The molecule has 0 aliphatic heterocycles. The highest BCUT2D eigenvalue weighted by atomic mass is 16.3. The first-order chi connectivity index (χ1) is 7.13. The zero-order chi connectivity index (χ0) is 11.3. The molecule has 3 N–H and O–H groups in total. The molecule has 2 unspecified atom stereocenters. The van der Waals surface area contributed by atoms with Gasteiger partial charge >= 0.3 is 0 Å². The first-order valence-electron chi connectivity index (χ1n) is 5.67. The highest BCUT2D eigenvalue weighted by Crippen LogP contribution is 2.24. The van der Waals surface area contributed by atoms with Gasteiger partial charge in [-0.25, -0.2) is 0 Å². The van der Waals surface area contributed by atoms with Crippen LogP contribution in [0, 0.1) is 5.92 Å². The Morgan fingerprint density at radius 1 is 1.40 bits per heavy atom. The number of nitrogen functional groups attached to an aromatic ring is 1. The lowest BCUT2D eigenvalue weighted by atomic mass is 9.95. The van der Waals surface area contributed by atoms with E-state index in [2.05, 4.69) is 13.8 Å². The van der Waals surface area contributed by atoms with E-state index in [1.165, 1.54) is 12.8 Å². The van der Waals surface area contributed by atoms with E-state index in [0.717, 1.165) is 17.7 Å². The molecule has 1 rings (SSSR count). The minimum Gasteiger partial charge on any atom is -0.399 e. The fourth-order valence-electron chi connectivity index (χ4n) is 1.89. The first kappa shape index (κ1) is 12.1. The molecule has 1 aromatic carbocycles. The number of hydrogen-bond acceptors (Lipinski definition) is 2. The largest absolute Gasteiger partial charge is 0.399 e. The number of nitrogens with two attached hydrogens (primary N) is 1. The summed E-state index contributed by atoms with van der Waals surface area (Å²) in [5.41, 5.74) is 7.32. The van der Waals surface area contributed by atoms with Gasteiger partial charge in [0.15, 0.2) is 0 Å². The van der Waals surface area contributed by atoms with Crippen LogP contribution in [-0.4, -0.2) is 5.11 Å². The maximum absolute atomic E-state index is 9.99. The highest BCUT2D eigenvalue weighted by Gasteiger charge is 2.11. The summed E-state index contributed by atoms with van der Waals surface area (Å²) in [5.74, 6) is 0.562. The second-order valence-corrected chi connectivity index (χ2v) is 4.32. The van der Waals surface area contributed by atoms with Crippen LogP contribution in [0.3, 0.4) is 0 Å². The monoisotopic (exact) mass is 207 g/mol. The van der Waals surface area contributed by atoms with E-state index >= 15 is 0 Å². The summed E-state index contributed by atoms with van der Waals surface area (Å²) in [6.07, 6.45) is 2.77. The molecule has 0 saturated carbocycles. The highest BCUT2D eigenvalue weighted by molar-refractivity contribution is 5.41. The van der Waals surface area contributed by atoms with Gasteiger partial charge in [-0.1, -0.05) is 38.8 Å². The van der Waals surface area contributed by atoms with Crippen molar-refractivity contribution >= 4 is 5.69 Å². The molecule has 0 amide bonds. The van der Waals surface area contributed by atoms with Crippen molar-refractivity contribution < 1.29 is 5.11 Å². The molecule has 0 fully saturated rings. The van der Waals surface area contributed by atoms with Gasteiger partial charge in [-0.05, 0) is 30.0 Å². The normalized spacial score (nSPS) is 14.9. The van der Waals surface area contributed by atoms with Gasteiger partial charge in [-0.3, -0.25) is 0 Å². The van der Waals surface area contributed by atoms with Gasteiger partial charge in [-0.2, -0.15) is 0 Å². The maximum Gasteiger partial charge on any atom is 0.0793 e. The predicted octanol–water partition coefficient (Wildman–Crippen LogP) is 3.13. The first-order valence-corrected chi connectivity index (χ1v) is 5.67. The lowest BCUT2D eigenvalue weighted by molar-refractivity contribution is 0.145. The van der Waals surface area contributed by atoms with E-state index in [9.17, 15) is 5.11 Å². The average Bonchev–Trinajstić information content (AvgIpc) is 2.18.